The number of carbonyl (C=O) groups is 1. The van der Waals surface area contributed by atoms with E-state index in [4.69, 9.17) is 5.11 Å². The molecule has 0 heterocycles. The molecule has 0 radical (unpaired) electrons. The van der Waals surface area contributed by atoms with Crippen molar-refractivity contribution in [1.29, 1.82) is 0 Å². The van der Waals surface area contributed by atoms with Crippen molar-refractivity contribution >= 4 is 23.8 Å². The Kier molecular flexibility index (Phi) is 4.98. The van der Waals surface area contributed by atoms with Crippen LogP contribution in [0.1, 0.15) is 18.1 Å². The number of aliphatic carboxylic acids is 1. The maximum atomic E-state index is 10.3. The lowest BCUT2D eigenvalue weighted by molar-refractivity contribution is -0.131. The van der Waals surface area contributed by atoms with Crippen molar-refractivity contribution in [3.05, 3.63) is 41.5 Å². The van der Waals surface area contributed by atoms with Crippen molar-refractivity contribution in [2.75, 3.05) is 5.75 Å². The first-order valence-electron chi connectivity index (χ1n) is 4.80. The molecule has 1 aromatic carbocycles. The zero-order chi connectivity index (χ0) is 11.1. The molecule has 0 spiro atoms. The number of carboxylic acids is 1. The highest BCUT2D eigenvalue weighted by molar-refractivity contribution is 7.98. The summed E-state index contributed by atoms with van der Waals surface area (Å²) in [6.07, 6.45) is 2.77. The van der Waals surface area contributed by atoms with Gasteiger partial charge in [-0.05, 0) is 23.0 Å². The van der Waals surface area contributed by atoms with Crippen molar-refractivity contribution in [2.24, 2.45) is 0 Å². The first-order valence-corrected chi connectivity index (χ1v) is 5.95. The maximum absolute atomic E-state index is 10.3. The molecule has 3 heteroatoms. The van der Waals surface area contributed by atoms with Crippen LogP contribution in [0, 0.1) is 0 Å². The monoisotopic (exact) mass is 222 g/mol. The summed E-state index contributed by atoms with van der Waals surface area (Å²) in [7, 11) is 0. The number of benzene rings is 1. The van der Waals surface area contributed by atoms with Gasteiger partial charge in [0, 0.05) is 11.8 Å². The molecule has 1 N–H and O–H groups in total. The fourth-order valence-electron chi connectivity index (χ4n) is 1.17. The van der Waals surface area contributed by atoms with Crippen LogP contribution in [0.15, 0.2) is 30.3 Å². The summed E-state index contributed by atoms with van der Waals surface area (Å²) < 4.78 is 0. The Morgan fingerprint density at radius 2 is 2.33 bits per heavy atom. The van der Waals surface area contributed by atoms with Gasteiger partial charge < -0.3 is 5.11 Å². The predicted molar refractivity (Wildman–Crippen MR) is 64.9 cm³/mol. The molecular weight excluding hydrogens is 208 g/mol. The molecule has 0 fully saturated rings. The van der Waals surface area contributed by atoms with Crippen molar-refractivity contribution in [2.45, 2.75) is 12.7 Å². The second-order valence-corrected chi connectivity index (χ2v) is 4.33. The molecule has 1 aromatic rings. The number of hydrogen-bond acceptors (Lipinski definition) is 2. The lowest BCUT2D eigenvalue weighted by Crippen LogP contribution is -1.86. The van der Waals surface area contributed by atoms with Crippen molar-refractivity contribution in [3.63, 3.8) is 0 Å². The van der Waals surface area contributed by atoms with E-state index in [1.807, 2.05) is 30.0 Å². The lowest BCUT2D eigenvalue weighted by atomic mass is 10.1. The third-order valence-corrected chi connectivity index (χ3v) is 2.79. The van der Waals surface area contributed by atoms with E-state index in [1.165, 1.54) is 5.56 Å². The van der Waals surface area contributed by atoms with Crippen LogP contribution >= 0.6 is 11.8 Å². The highest BCUT2D eigenvalue weighted by Crippen LogP contribution is 2.14. The van der Waals surface area contributed by atoms with Crippen molar-refractivity contribution in [3.8, 4) is 0 Å². The molecule has 0 atom stereocenters. The summed E-state index contributed by atoms with van der Waals surface area (Å²) in [5, 5.41) is 8.49. The molecule has 15 heavy (non-hydrogen) atoms. The largest absolute Gasteiger partial charge is 0.478 e. The summed E-state index contributed by atoms with van der Waals surface area (Å²) in [4.78, 5) is 10.3. The Morgan fingerprint density at radius 3 is 3.00 bits per heavy atom. The zero-order valence-corrected chi connectivity index (χ0v) is 9.46. The zero-order valence-electron chi connectivity index (χ0n) is 8.64. The SMILES string of the molecule is CCSCc1cccc(C=CC(=O)O)c1. The molecule has 0 amide bonds. The average Bonchev–Trinajstić information content (AvgIpc) is 2.24. The van der Waals surface area contributed by atoms with E-state index in [1.54, 1.807) is 6.08 Å². The highest BCUT2D eigenvalue weighted by Gasteiger charge is 1.94. The van der Waals surface area contributed by atoms with Crippen LogP contribution in [-0.2, 0) is 10.5 Å². The quantitative estimate of drug-likeness (QED) is 0.778. The first-order chi connectivity index (χ1) is 7.22. The Morgan fingerprint density at radius 1 is 1.53 bits per heavy atom. The molecule has 0 aliphatic heterocycles. The maximum Gasteiger partial charge on any atom is 0.328 e. The molecule has 0 saturated carbocycles. The summed E-state index contributed by atoms with van der Waals surface area (Å²) in [5.74, 6) is 1.16. The molecule has 1 rings (SSSR count). The van der Waals surface area contributed by atoms with Crippen LogP contribution in [0.4, 0.5) is 0 Å². The predicted octanol–water partition coefficient (Wildman–Crippen LogP) is 3.04. The number of rotatable bonds is 5. The van der Waals surface area contributed by atoms with Gasteiger partial charge in [0.25, 0.3) is 0 Å². The van der Waals surface area contributed by atoms with E-state index in [-0.39, 0.29) is 0 Å². The minimum absolute atomic E-state index is 0.914. The second-order valence-electron chi connectivity index (χ2n) is 3.05. The number of carboxylic acid groups (broad SMARTS) is 1. The fourth-order valence-corrected chi connectivity index (χ4v) is 1.79. The van der Waals surface area contributed by atoms with Gasteiger partial charge in [-0.3, -0.25) is 0 Å². The molecular formula is C12H14O2S. The van der Waals surface area contributed by atoms with Gasteiger partial charge in [0.2, 0.25) is 0 Å². The third-order valence-electron chi connectivity index (χ3n) is 1.84. The van der Waals surface area contributed by atoms with E-state index in [2.05, 4.69) is 13.0 Å². The van der Waals surface area contributed by atoms with Gasteiger partial charge in [0.05, 0.1) is 0 Å². The van der Waals surface area contributed by atoms with Crippen LogP contribution in [0.2, 0.25) is 0 Å². The topological polar surface area (TPSA) is 37.3 Å². The molecule has 80 valence electrons. The molecule has 0 aliphatic rings. The Balaban J connectivity index is 2.69. The third kappa shape index (κ3) is 4.70. The first kappa shape index (κ1) is 11.9. The van der Waals surface area contributed by atoms with Gasteiger partial charge in [0.1, 0.15) is 0 Å². The van der Waals surface area contributed by atoms with Gasteiger partial charge in [-0.1, -0.05) is 31.2 Å². The summed E-state index contributed by atoms with van der Waals surface area (Å²) in [6, 6.07) is 7.93. The minimum Gasteiger partial charge on any atom is -0.478 e. The van der Waals surface area contributed by atoms with Crippen LogP contribution in [0.5, 0.6) is 0 Å². The smallest absolute Gasteiger partial charge is 0.328 e. The number of thioether (sulfide) groups is 1. The van der Waals surface area contributed by atoms with Gasteiger partial charge in [0.15, 0.2) is 0 Å². The minimum atomic E-state index is -0.914. The van der Waals surface area contributed by atoms with E-state index in [9.17, 15) is 4.79 Å². The van der Waals surface area contributed by atoms with E-state index in [0.717, 1.165) is 23.1 Å². The molecule has 0 bridgehead atoms. The normalized spacial score (nSPS) is 10.7. The molecule has 0 unspecified atom stereocenters. The van der Waals surface area contributed by atoms with Crippen LogP contribution in [0.25, 0.3) is 6.08 Å². The second kappa shape index (κ2) is 6.30. The average molecular weight is 222 g/mol. The van der Waals surface area contributed by atoms with Gasteiger partial charge >= 0.3 is 5.97 Å². The van der Waals surface area contributed by atoms with Crippen molar-refractivity contribution in [1.82, 2.24) is 0 Å². The Hall–Kier alpha value is -1.22. The Bertz CT molecular complexity index is 358. The molecule has 0 aliphatic carbocycles. The summed E-state index contributed by atoms with van der Waals surface area (Å²) in [5.41, 5.74) is 2.17. The molecule has 2 nitrogen and oxygen atoms in total. The van der Waals surface area contributed by atoms with Crippen LogP contribution in [0.3, 0.4) is 0 Å². The van der Waals surface area contributed by atoms with E-state index in [0.29, 0.717) is 0 Å². The summed E-state index contributed by atoms with van der Waals surface area (Å²) >= 11 is 1.85. The summed E-state index contributed by atoms with van der Waals surface area (Å²) in [6.45, 7) is 2.12. The van der Waals surface area contributed by atoms with Gasteiger partial charge in [-0.2, -0.15) is 11.8 Å². The molecule has 0 saturated heterocycles. The van der Waals surface area contributed by atoms with E-state index < -0.39 is 5.97 Å². The fraction of sp³-hybridized carbons (Fsp3) is 0.250. The van der Waals surface area contributed by atoms with Crippen LogP contribution < -0.4 is 0 Å². The number of hydrogen-bond donors (Lipinski definition) is 1. The lowest BCUT2D eigenvalue weighted by Gasteiger charge is -2.00. The molecule has 0 aromatic heterocycles. The Labute approximate surface area is 94.0 Å². The van der Waals surface area contributed by atoms with Crippen molar-refractivity contribution < 1.29 is 9.90 Å². The van der Waals surface area contributed by atoms with E-state index >= 15 is 0 Å². The van der Waals surface area contributed by atoms with Gasteiger partial charge in [-0.25, -0.2) is 4.79 Å². The highest BCUT2D eigenvalue weighted by atomic mass is 32.2. The van der Waals surface area contributed by atoms with Gasteiger partial charge in [-0.15, -0.1) is 0 Å². The van der Waals surface area contributed by atoms with Crippen LogP contribution in [-0.4, -0.2) is 16.8 Å². The standard InChI is InChI=1S/C12H14O2S/c1-2-15-9-11-5-3-4-10(8-11)6-7-12(13)14/h3-8H,2,9H2,1H3,(H,13,14).